The van der Waals surface area contributed by atoms with Crippen LogP contribution in [-0.2, 0) is 30.5 Å². The van der Waals surface area contributed by atoms with Crippen molar-refractivity contribution in [3.8, 4) is 0 Å². The number of aryl methyl sites for hydroxylation is 4. The highest BCUT2D eigenvalue weighted by Gasteiger charge is 2.21. The highest BCUT2D eigenvalue weighted by atomic mass is 32.2. The summed E-state index contributed by atoms with van der Waals surface area (Å²) in [5.74, 6) is 0.156. The number of hydrogen-bond donors (Lipinski definition) is 0. The van der Waals surface area contributed by atoms with Gasteiger partial charge in [0, 0.05) is 46.8 Å². The molecule has 3 aromatic rings. The Kier molecular flexibility index (Phi) is 7.82. The number of benzene rings is 1. The van der Waals surface area contributed by atoms with Gasteiger partial charge in [-0.15, -0.1) is 0 Å². The van der Waals surface area contributed by atoms with Gasteiger partial charge in [-0.05, 0) is 50.9 Å². The van der Waals surface area contributed by atoms with Crippen molar-refractivity contribution in [2.45, 2.75) is 38.1 Å². The van der Waals surface area contributed by atoms with Crippen molar-refractivity contribution in [1.82, 2.24) is 28.5 Å². The van der Waals surface area contributed by atoms with E-state index >= 15 is 0 Å². The number of rotatable bonds is 9. The van der Waals surface area contributed by atoms with Crippen molar-refractivity contribution >= 4 is 21.0 Å². The Hall–Kier alpha value is -2.76. The zero-order chi connectivity index (χ0) is 26.0. The molecule has 0 atom stereocenters. The van der Waals surface area contributed by atoms with Crippen LogP contribution in [0.15, 0.2) is 39.0 Å². The van der Waals surface area contributed by atoms with Crippen molar-refractivity contribution in [3.63, 3.8) is 0 Å². The summed E-state index contributed by atoms with van der Waals surface area (Å²) in [4.78, 5) is 34.8. The van der Waals surface area contributed by atoms with E-state index in [0.29, 0.717) is 35.4 Å². The monoisotopic (exact) mass is 516 g/mol. The average Bonchev–Trinajstić information content (AvgIpc) is 3.22. The van der Waals surface area contributed by atoms with Crippen LogP contribution in [-0.4, -0.2) is 81.9 Å². The summed E-state index contributed by atoms with van der Waals surface area (Å²) in [6.45, 7) is 9.16. The van der Waals surface area contributed by atoms with Gasteiger partial charge in [0.05, 0.1) is 17.0 Å². The SMILES string of the molecule is Cc1cccc(C)c1S(=O)(=O)CCCN1CCN(CCCn2c(=O)c3c(ncn3C)n(C)c2=O)CC1. The molecule has 11 heteroatoms. The van der Waals surface area contributed by atoms with Crippen LogP contribution in [0.1, 0.15) is 24.0 Å². The van der Waals surface area contributed by atoms with E-state index in [2.05, 4.69) is 14.8 Å². The first-order valence-electron chi connectivity index (χ1n) is 12.4. The molecule has 0 radical (unpaired) electrons. The van der Waals surface area contributed by atoms with E-state index in [1.807, 2.05) is 32.0 Å². The van der Waals surface area contributed by atoms with Crippen LogP contribution in [0.4, 0.5) is 0 Å². The fraction of sp³-hybridized carbons (Fsp3) is 0.560. The van der Waals surface area contributed by atoms with Gasteiger partial charge in [-0.25, -0.2) is 18.2 Å². The van der Waals surface area contributed by atoms with Crippen molar-refractivity contribution in [1.29, 1.82) is 0 Å². The molecule has 0 bridgehead atoms. The minimum atomic E-state index is -3.29. The zero-order valence-electron chi connectivity index (χ0n) is 21.6. The maximum atomic E-state index is 12.9. The third-order valence-electron chi connectivity index (χ3n) is 7.13. The van der Waals surface area contributed by atoms with Gasteiger partial charge in [-0.3, -0.25) is 13.9 Å². The summed E-state index contributed by atoms with van der Waals surface area (Å²) in [6, 6.07) is 5.59. The summed E-state index contributed by atoms with van der Waals surface area (Å²) in [7, 11) is 0.101. The molecule has 4 rings (SSSR count). The lowest BCUT2D eigenvalue weighted by Crippen LogP contribution is -2.47. The van der Waals surface area contributed by atoms with Crippen molar-refractivity contribution < 1.29 is 8.42 Å². The highest BCUT2D eigenvalue weighted by Crippen LogP contribution is 2.21. The van der Waals surface area contributed by atoms with Crippen molar-refractivity contribution in [3.05, 3.63) is 56.5 Å². The number of hydrogen-bond acceptors (Lipinski definition) is 7. The number of sulfone groups is 1. The van der Waals surface area contributed by atoms with E-state index in [4.69, 9.17) is 0 Å². The first-order valence-corrected chi connectivity index (χ1v) is 14.1. The van der Waals surface area contributed by atoms with Gasteiger partial charge >= 0.3 is 5.69 Å². The maximum Gasteiger partial charge on any atom is 0.332 e. The molecule has 1 aromatic carbocycles. The summed E-state index contributed by atoms with van der Waals surface area (Å²) in [5, 5.41) is 0. The van der Waals surface area contributed by atoms with Crippen LogP contribution < -0.4 is 11.2 Å². The Morgan fingerprint density at radius 3 is 2.08 bits per heavy atom. The first-order chi connectivity index (χ1) is 17.1. The van der Waals surface area contributed by atoms with E-state index < -0.39 is 9.84 Å². The van der Waals surface area contributed by atoms with Crippen LogP contribution in [0.25, 0.3) is 11.2 Å². The molecule has 1 aliphatic heterocycles. The topological polar surface area (TPSA) is 102 Å². The summed E-state index contributed by atoms with van der Waals surface area (Å²) in [5.41, 5.74) is 1.82. The molecule has 10 nitrogen and oxygen atoms in total. The Morgan fingerprint density at radius 1 is 0.889 bits per heavy atom. The molecule has 36 heavy (non-hydrogen) atoms. The molecule has 1 fully saturated rings. The van der Waals surface area contributed by atoms with Gasteiger partial charge in [-0.1, -0.05) is 18.2 Å². The molecule has 0 unspecified atom stereocenters. The Labute approximate surface area is 211 Å². The maximum absolute atomic E-state index is 12.9. The van der Waals surface area contributed by atoms with E-state index in [1.54, 1.807) is 25.0 Å². The fourth-order valence-electron chi connectivity index (χ4n) is 5.15. The number of nitrogens with zero attached hydrogens (tertiary/aromatic N) is 6. The molecule has 0 aliphatic carbocycles. The molecular weight excluding hydrogens is 480 g/mol. The molecule has 0 spiro atoms. The standard InChI is InChI=1S/C25H36N6O4S/c1-19-8-5-9-20(2)22(19)36(34,35)17-7-11-30-15-13-29(14-16-30)10-6-12-31-24(32)21-23(26-18-27(21)3)28(4)25(31)33/h5,8-9,18H,6-7,10-17H2,1-4H3. The molecule has 196 valence electrons. The second-order valence-electron chi connectivity index (χ2n) is 9.76. The van der Waals surface area contributed by atoms with Crippen LogP contribution in [0.2, 0.25) is 0 Å². The molecule has 0 amide bonds. The van der Waals surface area contributed by atoms with Gasteiger partial charge in [0.15, 0.2) is 21.0 Å². The van der Waals surface area contributed by atoms with E-state index in [9.17, 15) is 18.0 Å². The van der Waals surface area contributed by atoms with Crippen LogP contribution >= 0.6 is 0 Å². The summed E-state index contributed by atoms with van der Waals surface area (Å²) < 4.78 is 30.1. The average molecular weight is 517 g/mol. The van der Waals surface area contributed by atoms with Crippen LogP contribution in [0.5, 0.6) is 0 Å². The summed E-state index contributed by atoms with van der Waals surface area (Å²) in [6.07, 6.45) is 2.86. The quantitative estimate of drug-likeness (QED) is 0.417. The number of imidazole rings is 1. The van der Waals surface area contributed by atoms with E-state index in [0.717, 1.165) is 50.4 Å². The largest absolute Gasteiger partial charge is 0.332 e. The van der Waals surface area contributed by atoms with E-state index in [-0.39, 0.29) is 17.0 Å². The van der Waals surface area contributed by atoms with Gasteiger partial charge in [0.25, 0.3) is 5.56 Å². The molecule has 0 N–H and O–H groups in total. The van der Waals surface area contributed by atoms with Gasteiger partial charge in [-0.2, -0.15) is 0 Å². The molecular formula is C25H36N6O4S. The lowest BCUT2D eigenvalue weighted by Gasteiger charge is -2.34. The predicted octanol–water partition coefficient (Wildman–Crippen LogP) is 0.922. The normalized spacial score (nSPS) is 15.7. The van der Waals surface area contributed by atoms with Gasteiger partial charge in [0.1, 0.15) is 0 Å². The highest BCUT2D eigenvalue weighted by molar-refractivity contribution is 7.91. The molecule has 2 aromatic heterocycles. The lowest BCUT2D eigenvalue weighted by atomic mass is 10.2. The van der Waals surface area contributed by atoms with Gasteiger partial charge < -0.3 is 14.4 Å². The second kappa shape index (κ2) is 10.7. The fourth-order valence-corrected chi connectivity index (χ4v) is 6.98. The first kappa shape index (κ1) is 26.3. The Bertz CT molecular complexity index is 1440. The van der Waals surface area contributed by atoms with Crippen molar-refractivity contribution in [2.75, 3.05) is 45.0 Å². The number of aromatic nitrogens is 4. The molecule has 0 saturated carbocycles. The number of piperazine rings is 1. The smallest absolute Gasteiger partial charge is 0.328 e. The van der Waals surface area contributed by atoms with Crippen LogP contribution in [0, 0.1) is 13.8 Å². The molecule has 1 aliphatic rings. The van der Waals surface area contributed by atoms with Gasteiger partial charge in [0.2, 0.25) is 0 Å². The predicted molar refractivity (Wildman–Crippen MR) is 140 cm³/mol. The zero-order valence-corrected chi connectivity index (χ0v) is 22.4. The minimum Gasteiger partial charge on any atom is -0.328 e. The van der Waals surface area contributed by atoms with Crippen LogP contribution in [0.3, 0.4) is 0 Å². The summed E-state index contributed by atoms with van der Waals surface area (Å²) >= 11 is 0. The van der Waals surface area contributed by atoms with E-state index in [1.165, 1.54) is 9.13 Å². The molecule has 1 saturated heterocycles. The minimum absolute atomic E-state index is 0.156. The lowest BCUT2D eigenvalue weighted by molar-refractivity contribution is 0.130. The number of fused-ring (bicyclic) bond motifs is 1. The second-order valence-corrected chi connectivity index (χ2v) is 11.8. The third-order valence-corrected chi connectivity index (χ3v) is 9.22. The Morgan fingerprint density at radius 2 is 1.47 bits per heavy atom. The Balaban J connectivity index is 1.24. The van der Waals surface area contributed by atoms with Crippen molar-refractivity contribution in [2.24, 2.45) is 14.1 Å². The third kappa shape index (κ3) is 5.33. The molecule has 3 heterocycles.